The van der Waals surface area contributed by atoms with E-state index in [0.717, 1.165) is 6.07 Å². The Labute approximate surface area is 163 Å². The molecular weight excluding hydrogens is 397 g/mol. The lowest BCUT2D eigenvalue weighted by Crippen LogP contribution is -2.25. The molecule has 1 aliphatic rings. The van der Waals surface area contributed by atoms with Crippen molar-refractivity contribution >= 4 is 34.5 Å². The molecule has 0 spiro atoms. The second-order valence-electron chi connectivity index (χ2n) is 6.12. The third-order valence-electron chi connectivity index (χ3n) is 4.26. The minimum Gasteiger partial charge on any atom is -0.411 e. The van der Waals surface area contributed by atoms with Crippen LogP contribution < -0.4 is 10.4 Å². The van der Waals surface area contributed by atoms with E-state index in [9.17, 15) is 18.4 Å². The summed E-state index contributed by atoms with van der Waals surface area (Å²) in [6.45, 7) is 0.421. The zero-order valence-corrected chi connectivity index (χ0v) is 15.2. The molecule has 3 N–H and O–H groups in total. The van der Waals surface area contributed by atoms with Crippen LogP contribution in [-0.2, 0) is 6.18 Å². The van der Waals surface area contributed by atoms with Crippen molar-refractivity contribution in [3.8, 4) is 0 Å². The van der Waals surface area contributed by atoms with Crippen molar-refractivity contribution in [1.82, 2.24) is 5.48 Å². The van der Waals surface area contributed by atoms with E-state index in [0.29, 0.717) is 29.4 Å². The van der Waals surface area contributed by atoms with Crippen LogP contribution in [0, 0.1) is 0 Å². The van der Waals surface area contributed by atoms with Crippen molar-refractivity contribution in [3.63, 3.8) is 0 Å². The number of nitrogens with one attached hydrogen (secondary N) is 1. The van der Waals surface area contributed by atoms with Gasteiger partial charge in [0, 0.05) is 29.2 Å². The van der Waals surface area contributed by atoms with Crippen molar-refractivity contribution in [2.75, 3.05) is 18.0 Å². The van der Waals surface area contributed by atoms with Gasteiger partial charge in [-0.1, -0.05) is 22.8 Å². The quantitative estimate of drug-likeness (QED) is 0.301. The van der Waals surface area contributed by atoms with Gasteiger partial charge in [-0.3, -0.25) is 10.7 Å². The van der Waals surface area contributed by atoms with Crippen molar-refractivity contribution in [2.24, 2.45) is 10.1 Å². The van der Waals surface area contributed by atoms with Gasteiger partial charge in [0.25, 0.3) is 0 Å². The lowest BCUT2D eigenvalue weighted by molar-refractivity contribution is -0.137. The molecule has 6 nitrogen and oxygen atoms in total. The highest BCUT2D eigenvalue weighted by molar-refractivity contribution is 6.30. The minimum absolute atomic E-state index is 0.0325. The summed E-state index contributed by atoms with van der Waals surface area (Å²) in [7, 11) is 0. The SMILES string of the molecule is O/N=C1/CCN(c2ccc(C(=Nc3cccc(Cl)c3)NO)cc2C(F)(F)F)C1. The van der Waals surface area contributed by atoms with Crippen molar-refractivity contribution in [1.29, 1.82) is 0 Å². The molecule has 1 fully saturated rings. The number of halogens is 4. The van der Waals surface area contributed by atoms with Crippen LogP contribution in [0.5, 0.6) is 0 Å². The van der Waals surface area contributed by atoms with Gasteiger partial charge >= 0.3 is 6.18 Å². The first-order valence-corrected chi connectivity index (χ1v) is 8.60. The number of nitrogens with zero attached hydrogens (tertiary/aromatic N) is 3. The maximum Gasteiger partial charge on any atom is 0.418 e. The summed E-state index contributed by atoms with van der Waals surface area (Å²) in [4.78, 5) is 5.61. The number of oxime groups is 1. The standard InChI is InChI=1S/C18H16ClF3N4O2/c19-12-2-1-3-13(9-12)23-17(25-28)11-4-5-16(15(8-11)18(20,21)22)26-7-6-14(10-26)24-27/h1-5,8-9,27-28H,6-7,10H2,(H,23,25)/b24-14-. The van der Waals surface area contributed by atoms with E-state index in [4.69, 9.17) is 16.8 Å². The fourth-order valence-corrected chi connectivity index (χ4v) is 3.13. The maximum atomic E-state index is 13.7. The molecule has 0 aliphatic carbocycles. The number of benzene rings is 2. The molecule has 0 amide bonds. The van der Waals surface area contributed by atoms with Gasteiger partial charge in [-0.05, 0) is 36.4 Å². The first-order chi connectivity index (χ1) is 13.3. The van der Waals surface area contributed by atoms with E-state index < -0.39 is 11.7 Å². The molecule has 0 unspecified atom stereocenters. The molecule has 10 heteroatoms. The van der Waals surface area contributed by atoms with E-state index in [1.165, 1.54) is 23.1 Å². The second kappa shape index (κ2) is 8.07. The van der Waals surface area contributed by atoms with E-state index in [1.807, 2.05) is 5.48 Å². The summed E-state index contributed by atoms with van der Waals surface area (Å²) in [6.07, 6.45) is -4.24. The summed E-state index contributed by atoms with van der Waals surface area (Å²) in [5.41, 5.74) is 1.76. The molecule has 28 heavy (non-hydrogen) atoms. The van der Waals surface area contributed by atoms with Gasteiger partial charge in [-0.2, -0.15) is 13.2 Å². The number of aliphatic imine (C=N–C) groups is 1. The first kappa shape index (κ1) is 20.0. The average molecular weight is 413 g/mol. The van der Waals surface area contributed by atoms with Crippen molar-refractivity contribution in [3.05, 3.63) is 58.6 Å². The fraction of sp³-hybridized carbons (Fsp3) is 0.222. The highest BCUT2D eigenvalue weighted by atomic mass is 35.5. The zero-order valence-electron chi connectivity index (χ0n) is 14.4. The van der Waals surface area contributed by atoms with Crippen LogP contribution in [0.25, 0.3) is 0 Å². The van der Waals surface area contributed by atoms with Gasteiger partial charge in [-0.25, -0.2) is 4.99 Å². The highest BCUT2D eigenvalue weighted by Gasteiger charge is 2.36. The number of amidine groups is 1. The third-order valence-corrected chi connectivity index (χ3v) is 4.49. The van der Waals surface area contributed by atoms with Gasteiger partial charge < -0.3 is 10.1 Å². The monoisotopic (exact) mass is 412 g/mol. The predicted octanol–water partition coefficient (Wildman–Crippen LogP) is 4.46. The van der Waals surface area contributed by atoms with Crippen LogP contribution >= 0.6 is 11.6 Å². The lowest BCUT2D eigenvalue weighted by Gasteiger charge is -2.23. The number of hydrogen-bond donors (Lipinski definition) is 3. The zero-order chi connectivity index (χ0) is 20.3. The summed E-state index contributed by atoms with van der Waals surface area (Å²) >= 11 is 5.89. The normalized spacial score (nSPS) is 16.7. The predicted molar refractivity (Wildman–Crippen MR) is 100 cm³/mol. The number of alkyl halides is 3. The fourth-order valence-electron chi connectivity index (χ4n) is 2.94. The molecule has 0 saturated carbocycles. The van der Waals surface area contributed by atoms with Crippen LogP contribution in [-0.4, -0.2) is 35.1 Å². The maximum absolute atomic E-state index is 13.7. The molecule has 148 valence electrons. The van der Waals surface area contributed by atoms with E-state index in [-0.39, 0.29) is 23.6 Å². The summed E-state index contributed by atoms with van der Waals surface area (Å²) in [5, 5.41) is 21.7. The molecule has 0 atom stereocenters. The van der Waals surface area contributed by atoms with Crippen LogP contribution in [0.15, 0.2) is 52.6 Å². The molecular formula is C18H16ClF3N4O2. The number of anilines is 1. The van der Waals surface area contributed by atoms with Crippen LogP contribution in [0.4, 0.5) is 24.5 Å². The number of hydrogen-bond acceptors (Lipinski definition) is 5. The number of rotatable bonds is 3. The molecule has 1 heterocycles. The van der Waals surface area contributed by atoms with E-state index >= 15 is 0 Å². The molecule has 1 saturated heterocycles. The van der Waals surface area contributed by atoms with Crippen molar-refractivity contribution in [2.45, 2.75) is 12.6 Å². The Hall–Kier alpha value is -2.78. The third kappa shape index (κ3) is 4.37. The van der Waals surface area contributed by atoms with Crippen LogP contribution in [0.1, 0.15) is 17.5 Å². The topological polar surface area (TPSA) is 80.5 Å². The first-order valence-electron chi connectivity index (χ1n) is 8.22. The van der Waals surface area contributed by atoms with Gasteiger partial charge in [0.1, 0.15) is 0 Å². The molecule has 2 aromatic carbocycles. The Morgan fingerprint density at radius 2 is 1.96 bits per heavy atom. The Morgan fingerprint density at radius 1 is 1.18 bits per heavy atom. The van der Waals surface area contributed by atoms with Crippen LogP contribution in [0.2, 0.25) is 5.02 Å². The molecule has 0 bridgehead atoms. The van der Waals surface area contributed by atoms with Gasteiger partial charge in [-0.15, -0.1) is 0 Å². The van der Waals surface area contributed by atoms with Gasteiger partial charge in [0.2, 0.25) is 0 Å². The van der Waals surface area contributed by atoms with Crippen molar-refractivity contribution < 1.29 is 23.6 Å². The highest BCUT2D eigenvalue weighted by Crippen LogP contribution is 2.38. The summed E-state index contributed by atoms with van der Waals surface area (Å²) in [5.74, 6) is -0.154. The Balaban J connectivity index is 2.02. The lowest BCUT2D eigenvalue weighted by atomic mass is 10.1. The molecule has 0 aromatic heterocycles. The summed E-state index contributed by atoms with van der Waals surface area (Å²) < 4.78 is 41.0. The van der Waals surface area contributed by atoms with Gasteiger partial charge in [0.05, 0.1) is 23.5 Å². The Bertz CT molecular complexity index is 931. The van der Waals surface area contributed by atoms with Crippen LogP contribution in [0.3, 0.4) is 0 Å². The average Bonchev–Trinajstić information content (AvgIpc) is 3.14. The molecule has 0 radical (unpaired) electrons. The Morgan fingerprint density at radius 3 is 2.57 bits per heavy atom. The largest absolute Gasteiger partial charge is 0.418 e. The minimum atomic E-state index is -4.62. The molecule has 3 rings (SSSR count). The van der Waals surface area contributed by atoms with E-state index in [2.05, 4.69) is 10.1 Å². The number of hydroxylamine groups is 1. The molecule has 1 aliphatic heterocycles. The Kier molecular flexibility index (Phi) is 5.76. The summed E-state index contributed by atoms with van der Waals surface area (Å²) in [6, 6.07) is 10.0. The molecule has 2 aromatic rings. The van der Waals surface area contributed by atoms with Gasteiger partial charge in [0.15, 0.2) is 5.84 Å². The second-order valence-corrected chi connectivity index (χ2v) is 6.56. The smallest absolute Gasteiger partial charge is 0.411 e. The van der Waals surface area contributed by atoms with E-state index in [1.54, 1.807) is 18.2 Å².